The van der Waals surface area contributed by atoms with E-state index >= 15 is 0 Å². The number of methoxy groups -OCH3 is 1. The average molecular weight is 251 g/mol. The average Bonchev–Trinajstić information content (AvgIpc) is 2.35. The minimum absolute atomic E-state index is 0.0698. The highest BCUT2D eigenvalue weighted by Crippen LogP contribution is 2.27. The molecule has 0 saturated heterocycles. The monoisotopic (exact) mass is 251 g/mol. The van der Waals surface area contributed by atoms with E-state index in [9.17, 15) is 9.59 Å². The van der Waals surface area contributed by atoms with E-state index in [1.54, 1.807) is 18.2 Å². The molecule has 0 atom stereocenters. The lowest BCUT2D eigenvalue weighted by Crippen LogP contribution is -2.34. The lowest BCUT2D eigenvalue weighted by atomic mass is 10.2. The molecule has 0 heterocycles. The summed E-state index contributed by atoms with van der Waals surface area (Å²) in [6.07, 6.45) is 0.720. The molecule has 1 N–H and O–H groups in total. The second-order valence-electron chi connectivity index (χ2n) is 4.04. The molecule has 0 aliphatic rings. The summed E-state index contributed by atoms with van der Waals surface area (Å²) in [6, 6.07) is 4.83. The van der Waals surface area contributed by atoms with Gasteiger partial charge in [0.05, 0.1) is 7.11 Å². The molecule has 0 bridgehead atoms. The quantitative estimate of drug-likeness (QED) is 0.776. The van der Waals surface area contributed by atoms with E-state index in [4.69, 9.17) is 9.47 Å². The second-order valence-corrected chi connectivity index (χ2v) is 4.04. The molecule has 0 aliphatic heterocycles. The largest absolute Gasteiger partial charge is 0.493 e. The standard InChI is InChI=1S/C13H17NO4/c1-9(2)14-13(16)8-18-11-5-4-10(7-15)6-12(11)17-3/h4-7,9H,8H2,1-3H3,(H,14,16). The molecule has 0 aromatic heterocycles. The van der Waals surface area contributed by atoms with E-state index in [2.05, 4.69) is 5.32 Å². The van der Waals surface area contributed by atoms with Gasteiger partial charge in [-0.15, -0.1) is 0 Å². The van der Waals surface area contributed by atoms with E-state index in [0.717, 1.165) is 6.29 Å². The molecular formula is C13H17NO4. The molecule has 1 rings (SSSR count). The molecular weight excluding hydrogens is 234 g/mol. The Hall–Kier alpha value is -2.04. The Kier molecular flexibility index (Phi) is 5.17. The molecule has 0 saturated carbocycles. The van der Waals surface area contributed by atoms with Crippen molar-refractivity contribution in [2.45, 2.75) is 19.9 Å². The zero-order valence-corrected chi connectivity index (χ0v) is 10.7. The van der Waals surface area contributed by atoms with Gasteiger partial charge in [0.15, 0.2) is 18.1 Å². The van der Waals surface area contributed by atoms with Crippen LogP contribution < -0.4 is 14.8 Å². The van der Waals surface area contributed by atoms with Crippen LogP contribution in [-0.2, 0) is 4.79 Å². The molecule has 5 nitrogen and oxygen atoms in total. The summed E-state index contributed by atoms with van der Waals surface area (Å²) in [6.45, 7) is 3.66. The predicted octanol–water partition coefficient (Wildman–Crippen LogP) is 1.41. The first kappa shape index (κ1) is 14.0. The van der Waals surface area contributed by atoms with Crippen molar-refractivity contribution in [3.8, 4) is 11.5 Å². The number of rotatable bonds is 6. The van der Waals surface area contributed by atoms with Gasteiger partial charge in [-0.25, -0.2) is 0 Å². The van der Waals surface area contributed by atoms with Crippen LogP contribution in [0.4, 0.5) is 0 Å². The van der Waals surface area contributed by atoms with Gasteiger partial charge in [0, 0.05) is 11.6 Å². The molecule has 0 fully saturated rings. The van der Waals surface area contributed by atoms with Crippen LogP contribution in [-0.4, -0.2) is 32.0 Å². The summed E-state index contributed by atoms with van der Waals surface area (Å²) >= 11 is 0. The van der Waals surface area contributed by atoms with Crippen molar-refractivity contribution in [1.82, 2.24) is 5.32 Å². The molecule has 1 aromatic rings. The summed E-state index contributed by atoms with van der Waals surface area (Å²) in [4.78, 5) is 22.0. The van der Waals surface area contributed by atoms with Gasteiger partial charge in [-0.2, -0.15) is 0 Å². The van der Waals surface area contributed by atoms with E-state index < -0.39 is 0 Å². The summed E-state index contributed by atoms with van der Waals surface area (Å²) < 4.78 is 10.4. The molecule has 98 valence electrons. The first-order chi connectivity index (χ1) is 8.56. The topological polar surface area (TPSA) is 64.6 Å². The van der Waals surface area contributed by atoms with Crippen LogP contribution >= 0.6 is 0 Å². The van der Waals surface area contributed by atoms with Crippen molar-refractivity contribution in [2.24, 2.45) is 0 Å². The van der Waals surface area contributed by atoms with Gasteiger partial charge in [-0.3, -0.25) is 9.59 Å². The number of carbonyl (C=O) groups is 2. The Bertz CT molecular complexity index is 429. The Morgan fingerprint density at radius 3 is 2.67 bits per heavy atom. The molecule has 0 unspecified atom stereocenters. The maximum Gasteiger partial charge on any atom is 0.258 e. The maximum absolute atomic E-state index is 11.4. The summed E-state index contributed by atoms with van der Waals surface area (Å²) in [5, 5.41) is 2.71. The Morgan fingerprint density at radius 2 is 2.11 bits per heavy atom. The Balaban J connectivity index is 2.67. The molecule has 0 spiro atoms. The minimum atomic E-state index is -0.202. The Labute approximate surface area is 106 Å². The van der Waals surface area contributed by atoms with Gasteiger partial charge >= 0.3 is 0 Å². The summed E-state index contributed by atoms with van der Waals surface area (Å²) in [5.74, 6) is 0.658. The number of hydrogen-bond acceptors (Lipinski definition) is 4. The van der Waals surface area contributed by atoms with Crippen LogP contribution in [0, 0.1) is 0 Å². The third kappa shape index (κ3) is 4.08. The molecule has 1 amide bonds. The highest BCUT2D eigenvalue weighted by atomic mass is 16.5. The van der Waals surface area contributed by atoms with E-state index in [1.165, 1.54) is 7.11 Å². The van der Waals surface area contributed by atoms with Crippen molar-refractivity contribution in [1.29, 1.82) is 0 Å². The fraction of sp³-hybridized carbons (Fsp3) is 0.385. The minimum Gasteiger partial charge on any atom is -0.493 e. The molecule has 0 aliphatic carbocycles. The van der Waals surface area contributed by atoms with E-state index in [1.807, 2.05) is 13.8 Å². The van der Waals surface area contributed by atoms with Gasteiger partial charge in [0.2, 0.25) is 0 Å². The zero-order chi connectivity index (χ0) is 13.5. The third-order valence-electron chi connectivity index (χ3n) is 2.13. The van der Waals surface area contributed by atoms with Gasteiger partial charge in [0.25, 0.3) is 5.91 Å². The van der Waals surface area contributed by atoms with Crippen LogP contribution in [0.3, 0.4) is 0 Å². The first-order valence-electron chi connectivity index (χ1n) is 5.62. The van der Waals surface area contributed by atoms with Crippen molar-refractivity contribution in [2.75, 3.05) is 13.7 Å². The lowest BCUT2D eigenvalue weighted by Gasteiger charge is -2.12. The number of carbonyl (C=O) groups excluding carboxylic acids is 2. The van der Waals surface area contributed by atoms with Crippen LogP contribution in [0.1, 0.15) is 24.2 Å². The van der Waals surface area contributed by atoms with Gasteiger partial charge < -0.3 is 14.8 Å². The van der Waals surface area contributed by atoms with Crippen LogP contribution in [0.2, 0.25) is 0 Å². The maximum atomic E-state index is 11.4. The van der Waals surface area contributed by atoms with Crippen molar-refractivity contribution in [3.05, 3.63) is 23.8 Å². The first-order valence-corrected chi connectivity index (χ1v) is 5.62. The molecule has 1 aromatic carbocycles. The summed E-state index contributed by atoms with van der Waals surface area (Å²) in [5.41, 5.74) is 0.492. The number of amides is 1. The molecule has 18 heavy (non-hydrogen) atoms. The highest BCUT2D eigenvalue weighted by molar-refractivity contribution is 5.78. The normalized spacial score (nSPS) is 10.0. The number of nitrogens with one attached hydrogen (secondary N) is 1. The predicted molar refractivity (Wildman–Crippen MR) is 67.2 cm³/mol. The zero-order valence-electron chi connectivity index (χ0n) is 10.7. The number of hydrogen-bond donors (Lipinski definition) is 1. The van der Waals surface area contributed by atoms with Gasteiger partial charge in [-0.05, 0) is 32.0 Å². The SMILES string of the molecule is COc1cc(C=O)ccc1OCC(=O)NC(C)C. The van der Waals surface area contributed by atoms with Gasteiger partial charge in [0.1, 0.15) is 6.29 Å². The van der Waals surface area contributed by atoms with Crippen molar-refractivity contribution in [3.63, 3.8) is 0 Å². The van der Waals surface area contributed by atoms with E-state index in [0.29, 0.717) is 17.1 Å². The lowest BCUT2D eigenvalue weighted by molar-refractivity contribution is -0.123. The third-order valence-corrected chi connectivity index (χ3v) is 2.13. The van der Waals surface area contributed by atoms with Crippen molar-refractivity contribution >= 4 is 12.2 Å². The fourth-order valence-corrected chi connectivity index (χ4v) is 1.38. The number of ether oxygens (including phenoxy) is 2. The highest BCUT2D eigenvalue weighted by Gasteiger charge is 2.09. The van der Waals surface area contributed by atoms with Crippen molar-refractivity contribution < 1.29 is 19.1 Å². The van der Waals surface area contributed by atoms with Crippen LogP contribution in [0.25, 0.3) is 0 Å². The number of benzene rings is 1. The Morgan fingerprint density at radius 1 is 1.39 bits per heavy atom. The number of aldehydes is 1. The van der Waals surface area contributed by atoms with E-state index in [-0.39, 0.29) is 18.6 Å². The fourth-order valence-electron chi connectivity index (χ4n) is 1.38. The molecule has 0 radical (unpaired) electrons. The molecule has 5 heteroatoms. The van der Waals surface area contributed by atoms with Crippen LogP contribution in [0.5, 0.6) is 11.5 Å². The van der Waals surface area contributed by atoms with Gasteiger partial charge in [-0.1, -0.05) is 0 Å². The summed E-state index contributed by atoms with van der Waals surface area (Å²) in [7, 11) is 1.48. The smallest absolute Gasteiger partial charge is 0.258 e. The second kappa shape index (κ2) is 6.64. The van der Waals surface area contributed by atoms with Crippen LogP contribution in [0.15, 0.2) is 18.2 Å².